The van der Waals surface area contributed by atoms with Crippen LogP contribution in [0, 0.1) is 0 Å². The molecule has 0 bridgehead atoms. The Morgan fingerprint density at radius 2 is 2.35 bits per heavy atom. The monoisotopic (exact) mass is 256 g/mol. The first-order valence-electron chi connectivity index (χ1n) is 5.31. The van der Waals surface area contributed by atoms with Crippen molar-refractivity contribution in [1.29, 1.82) is 0 Å². The molecule has 0 saturated carbocycles. The van der Waals surface area contributed by atoms with Gasteiger partial charge in [-0.3, -0.25) is 14.7 Å². The van der Waals surface area contributed by atoms with Crippen LogP contribution in [0.4, 0.5) is 0 Å². The fourth-order valence-electron chi connectivity index (χ4n) is 1.79. The van der Waals surface area contributed by atoms with Crippen molar-refractivity contribution in [3.05, 3.63) is 23.2 Å². The summed E-state index contributed by atoms with van der Waals surface area (Å²) >= 11 is 5.91. The molecule has 0 amide bonds. The van der Waals surface area contributed by atoms with Crippen LogP contribution in [0.1, 0.15) is 5.69 Å². The van der Waals surface area contributed by atoms with Crippen molar-refractivity contribution >= 4 is 17.6 Å². The number of nitrogens with zero attached hydrogens (tertiary/aromatic N) is 3. The molecule has 0 aliphatic carbocycles. The third-order valence-electron chi connectivity index (χ3n) is 2.65. The molecular weight excluding hydrogens is 244 g/mol. The van der Waals surface area contributed by atoms with Gasteiger partial charge in [-0.05, 0) is 0 Å². The molecular formula is C10H13ClN4O2. The second-order valence-electron chi connectivity index (χ2n) is 3.87. The molecule has 2 N–H and O–H groups in total. The van der Waals surface area contributed by atoms with E-state index in [4.69, 9.17) is 16.7 Å². The highest BCUT2D eigenvalue weighted by Crippen LogP contribution is 2.12. The van der Waals surface area contributed by atoms with Gasteiger partial charge >= 0.3 is 5.97 Å². The largest absolute Gasteiger partial charge is 0.480 e. The van der Waals surface area contributed by atoms with Gasteiger partial charge in [0, 0.05) is 38.6 Å². The number of aliphatic carboxylic acids is 1. The summed E-state index contributed by atoms with van der Waals surface area (Å²) in [5, 5.41) is 12.2. The third-order valence-corrected chi connectivity index (χ3v) is 2.97. The van der Waals surface area contributed by atoms with Gasteiger partial charge in [-0.25, -0.2) is 4.98 Å². The molecule has 1 fully saturated rings. The lowest BCUT2D eigenvalue weighted by atomic mass is 10.2. The number of nitrogens with one attached hydrogen (secondary N) is 1. The highest BCUT2D eigenvalue weighted by Gasteiger charge is 2.25. The summed E-state index contributed by atoms with van der Waals surface area (Å²) < 4.78 is 0. The van der Waals surface area contributed by atoms with Crippen molar-refractivity contribution in [3.8, 4) is 0 Å². The van der Waals surface area contributed by atoms with Gasteiger partial charge in [-0.15, -0.1) is 0 Å². The molecule has 7 heteroatoms. The maximum atomic E-state index is 10.9. The van der Waals surface area contributed by atoms with Crippen LogP contribution in [-0.2, 0) is 11.3 Å². The van der Waals surface area contributed by atoms with E-state index in [0.717, 1.165) is 6.54 Å². The molecule has 2 rings (SSSR count). The summed E-state index contributed by atoms with van der Waals surface area (Å²) in [7, 11) is 0. The summed E-state index contributed by atoms with van der Waals surface area (Å²) in [5.74, 6) is -0.833. The maximum absolute atomic E-state index is 10.9. The Bertz CT molecular complexity index is 415. The fraction of sp³-hybridized carbons (Fsp3) is 0.500. The first kappa shape index (κ1) is 12.2. The Morgan fingerprint density at radius 3 is 3.06 bits per heavy atom. The Balaban J connectivity index is 1.99. The van der Waals surface area contributed by atoms with Gasteiger partial charge in [0.1, 0.15) is 6.04 Å². The lowest BCUT2D eigenvalue weighted by Crippen LogP contribution is -2.53. The van der Waals surface area contributed by atoms with Crippen LogP contribution in [0.3, 0.4) is 0 Å². The first-order valence-corrected chi connectivity index (χ1v) is 5.68. The van der Waals surface area contributed by atoms with E-state index in [1.165, 1.54) is 6.20 Å². The number of rotatable bonds is 3. The number of carboxylic acid groups (broad SMARTS) is 1. The van der Waals surface area contributed by atoms with Crippen molar-refractivity contribution in [2.24, 2.45) is 0 Å². The van der Waals surface area contributed by atoms with Gasteiger partial charge in [0.05, 0.1) is 5.69 Å². The Morgan fingerprint density at radius 1 is 1.59 bits per heavy atom. The zero-order valence-corrected chi connectivity index (χ0v) is 9.89. The van der Waals surface area contributed by atoms with Crippen LogP contribution in [0.25, 0.3) is 0 Å². The summed E-state index contributed by atoms with van der Waals surface area (Å²) in [6.45, 7) is 2.39. The minimum absolute atomic E-state index is 0.373. The maximum Gasteiger partial charge on any atom is 0.322 e. The molecule has 0 radical (unpaired) electrons. The summed E-state index contributed by atoms with van der Waals surface area (Å²) in [6.07, 6.45) is 3.11. The van der Waals surface area contributed by atoms with Gasteiger partial charge in [0.15, 0.2) is 5.15 Å². The fourth-order valence-corrected chi connectivity index (χ4v) is 1.95. The zero-order chi connectivity index (χ0) is 12.3. The second-order valence-corrected chi connectivity index (χ2v) is 4.23. The molecule has 1 atom stereocenters. The molecule has 1 aromatic rings. The van der Waals surface area contributed by atoms with Crippen molar-refractivity contribution in [2.75, 3.05) is 19.6 Å². The van der Waals surface area contributed by atoms with Crippen LogP contribution in [0.5, 0.6) is 0 Å². The minimum Gasteiger partial charge on any atom is -0.480 e. The molecule has 2 heterocycles. The molecule has 92 valence electrons. The molecule has 17 heavy (non-hydrogen) atoms. The van der Waals surface area contributed by atoms with Crippen molar-refractivity contribution in [2.45, 2.75) is 12.6 Å². The Hall–Kier alpha value is -1.24. The van der Waals surface area contributed by atoms with Gasteiger partial charge < -0.3 is 10.4 Å². The quantitative estimate of drug-likeness (QED) is 0.792. The molecule has 1 aliphatic rings. The second kappa shape index (κ2) is 5.39. The Labute approximate surface area is 104 Å². The first-order chi connectivity index (χ1) is 8.16. The molecule has 1 aromatic heterocycles. The summed E-state index contributed by atoms with van der Waals surface area (Å²) in [4.78, 5) is 21.0. The summed E-state index contributed by atoms with van der Waals surface area (Å²) in [6, 6.07) is -0.529. The van der Waals surface area contributed by atoms with Crippen molar-refractivity contribution < 1.29 is 9.90 Å². The predicted molar refractivity (Wildman–Crippen MR) is 61.7 cm³/mol. The minimum atomic E-state index is -0.833. The third kappa shape index (κ3) is 3.12. The van der Waals surface area contributed by atoms with Gasteiger partial charge in [-0.1, -0.05) is 11.6 Å². The van der Waals surface area contributed by atoms with Crippen LogP contribution >= 0.6 is 11.6 Å². The Kier molecular flexibility index (Phi) is 3.88. The number of carbonyl (C=O) groups is 1. The highest BCUT2D eigenvalue weighted by atomic mass is 35.5. The average Bonchev–Trinajstić information content (AvgIpc) is 2.32. The number of carboxylic acids is 1. The molecule has 1 saturated heterocycles. The topological polar surface area (TPSA) is 78.3 Å². The zero-order valence-electron chi connectivity index (χ0n) is 9.14. The van der Waals surface area contributed by atoms with E-state index in [0.29, 0.717) is 30.5 Å². The molecule has 0 aromatic carbocycles. The molecule has 6 nitrogen and oxygen atoms in total. The predicted octanol–water partition coefficient (Wildman–Crippen LogP) is -0.0116. The number of aromatic nitrogens is 2. The highest BCUT2D eigenvalue weighted by molar-refractivity contribution is 6.29. The van der Waals surface area contributed by atoms with Gasteiger partial charge in [-0.2, -0.15) is 0 Å². The van der Waals surface area contributed by atoms with Crippen molar-refractivity contribution in [1.82, 2.24) is 20.2 Å². The van der Waals surface area contributed by atoms with E-state index < -0.39 is 12.0 Å². The number of halogens is 1. The van der Waals surface area contributed by atoms with E-state index >= 15 is 0 Å². The van der Waals surface area contributed by atoms with E-state index in [9.17, 15) is 4.79 Å². The molecule has 0 unspecified atom stereocenters. The van der Waals surface area contributed by atoms with E-state index in [1.54, 1.807) is 6.20 Å². The molecule has 0 spiro atoms. The molecule has 1 aliphatic heterocycles. The van der Waals surface area contributed by atoms with E-state index in [-0.39, 0.29) is 0 Å². The number of hydrogen-bond donors (Lipinski definition) is 2. The van der Waals surface area contributed by atoms with Gasteiger partial charge in [0.2, 0.25) is 0 Å². The van der Waals surface area contributed by atoms with Crippen LogP contribution in [0.15, 0.2) is 12.4 Å². The van der Waals surface area contributed by atoms with E-state index in [1.807, 2.05) is 4.90 Å². The smallest absolute Gasteiger partial charge is 0.322 e. The van der Waals surface area contributed by atoms with Crippen LogP contribution in [0.2, 0.25) is 5.15 Å². The van der Waals surface area contributed by atoms with Crippen LogP contribution in [-0.4, -0.2) is 51.6 Å². The summed E-state index contributed by atoms with van der Waals surface area (Å²) in [5.41, 5.74) is 0.681. The lowest BCUT2D eigenvalue weighted by Gasteiger charge is -2.31. The average molecular weight is 257 g/mol. The number of piperazine rings is 1. The van der Waals surface area contributed by atoms with Gasteiger partial charge in [0.25, 0.3) is 0 Å². The van der Waals surface area contributed by atoms with E-state index in [2.05, 4.69) is 15.3 Å². The normalized spacial score (nSPS) is 21.4. The van der Waals surface area contributed by atoms with Crippen molar-refractivity contribution in [3.63, 3.8) is 0 Å². The standard InChI is InChI=1S/C10H13ClN4O2/c11-9-7(12-1-2-14-9)5-15-4-3-13-8(6-15)10(16)17/h1-2,8,13H,3-6H2,(H,16,17)/t8-/m1/s1. The SMILES string of the molecule is O=C(O)[C@H]1CN(Cc2nccnc2Cl)CCN1. The lowest BCUT2D eigenvalue weighted by molar-refractivity contribution is -0.140. The number of hydrogen-bond acceptors (Lipinski definition) is 5. The van der Waals surface area contributed by atoms with Crippen LogP contribution < -0.4 is 5.32 Å².